The molecule has 4 heteroatoms. The maximum Gasteiger partial charge on any atom is 1.00 e. The molecule has 0 bridgehead atoms. The molecule has 0 aromatic carbocycles. The molecule has 0 heterocycles. The Kier molecular flexibility index (Phi) is 21.1. The number of hydrogen-bond acceptors (Lipinski definition) is 3. The second kappa shape index (κ2) is 19.1. The van der Waals surface area contributed by atoms with Gasteiger partial charge >= 0.3 is 18.9 Å². The summed E-state index contributed by atoms with van der Waals surface area (Å²) in [6, 6.07) is 0. The van der Waals surface area contributed by atoms with Gasteiger partial charge in [0.05, 0.1) is 6.10 Å². The van der Waals surface area contributed by atoms with Crippen molar-refractivity contribution in [3.05, 3.63) is 0 Å². The summed E-state index contributed by atoms with van der Waals surface area (Å²) in [5.74, 6) is -0.937. The van der Waals surface area contributed by atoms with Crippen molar-refractivity contribution in [1.29, 1.82) is 0 Å². The normalized spacial score (nSPS) is 11.9. The Labute approximate surface area is 149 Å². The first-order chi connectivity index (χ1) is 10.2. The predicted molar refractivity (Wildman–Crippen MR) is 85.9 cm³/mol. The van der Waals surface area contributed by atoms with Gasteiger partial charge in [0.25, 0.3) is 0 Å². The number of carbonyl (C=O) groups excluding carboxylic acids is 1. The number of carbonyl (C=O) groups is 1. The zero-order valence-corrected chi connectivity index (χ0v) is 14.9. The van der Waals surface area contributed by atoms with E-state index in [9.17, 15) is 15.0 Å². The third-order valence-electron chi connectivity index (χ3n) is 4.06. The van der Waals surface area contributed by atoms with Gasteiger partial charge in [-0.15, -0.1) is 0 Å². The Bertz CT molecular complexity index is 234. The molecular formula is C18H35LiO3. The number of aliphatic hydroxyl groups excluding tert-OH is 1. The molecule has 0 rings (SSSR count). The van der Waals surface area contributed by atoms with Crippen molar-refractivity contribution in [2.45, 2.75) is 109 Å². The van der Waals surface area contributed by atoms with Crippen LogP contribution in [0.5, 0.6) is 0 Å². The van der Waals surface area contributed by atoms with Crippen molar-refractivity contribution in [3.63, 3.8) is 0 Å². The second-order valence-corrected chi connectivity index (χ2v) is 6.24. The molecule has 0 aromatic heterocycles. The summed E-state index contributed by atoms with van der Waals surface area (Å²) in [7, 11) is 0. The number of carboxylic acids is 1. The minimum atomic E-state index is -0.937. The number of rotatable bonds is 16. The molecule has 0 aliphatic carbocycles. The van der Waals surface area contributed by atoms with E-state index in [1.54, 1.807) is 0 Å². The van der Waals surface area contributed by atoms with E-state index in [0.29, 0.717) is 0 Å². The van der Waals surface area contributed by atoms with Crippen molar-refractivity contribution < 1.29 is 33.9 Å². The van der Waals surface area contributed by atoms with Gasteiger partial charge in [-0.3, -0.25) is 0 Å². The van der Waals surface area contributed by atoms with Gasteiger partial charge in [0.2, 0.25) is 0 Å². The van der Waals surface area contributed by atoms with Gasteiger partial charge in [0.1, 0.15) is 0 Å². The topological polar surface area (TPSA) is 60.4 Å². The first kappa shape index (κ1) is 24.3. The van der Waals surface area contributed by atoms with Gasteiger partial charge in [-0.1, -0.05) is 77.6 Å². The van der Waals surface area contributed by atoms with Crippen molar-refractivity contribution >= 4 is 5.97 Å². The molecule has 126 valence electrons. The SMILES string of the molecule is CCCCCCCC[C@@H](O)CCCCCCCCC(=O)[O-].[Li+]. The largest absolute Gasteiger partial charge is 1.00 e. The van der Waals surface area contributed by atoms with Gasteiger partial charge in [-0.25, -0.2) is 0 Å². The molecule has 0 spiro atoms. The summed E-state index contributed by atoms with van der Waals surface area (Å²) >= 11 is 0. The van der Waals surface area contributed by atoms with Gasteiger partial charge in [0, 0.05) is 5.97 Å². The zero-order valence-electron chi connectivity index (χ0n) is 14.9. The van der Waals surface area contributed by atoms with Crippen LogP contribution in [0.15, 0.2) is 0 Å². The zero-order chi connectivity index (χ0) is 15.8. The van der Waals surface area contributed by atoms with E-state index in [1.807, 2.05) is 0 Å². The fourth-order valence-electron chi connectivity index (χ4n) is 2.66. The summed E-state index contributed by atoms with van der Waals surface area (Å²) in [6.07, 6.45) is 15.9. The van der Waals surface area contributed by atoms with Gasteiger partial charge in [-0.05, 0) is 25.7 Å². The van der Waals surface area contributed by atoms with Crippen LogP contribution in [0.4, 0.5) is 0 Å². The number of unbranched alkanes of at least 4 members (excludes halogenated alkanes) is 10. The molecule has 1 N–H and O–H groups in total. The van der Waals surface area contributed by atoms with Crippen LogP contribution in [0.2, 0.25) is 0 Å². The fourth-order valence-corrected chi connectivity index (χ4v) is 2.66. The van der Waals surface area contributed by atoms with E-state index in [-0.39, 0.29) is 31.4 Å². The number of carboxylic acid groups (broad SMARTS) is 1. The molecule has 1 atom stereocenters. The summed E-state index contributed by atoms with van der Waals surface area (Å²) in [5.41, 5.74) is 0. The molecule has 0 aliphatic heterocycles. The molecule has 0 saturated carbocycles. The van der Waals surface area contributed by atoms with Crippen molar-refractivity contribution in [3.8, 4) is 0 Å². The Morgan fingerprint density at radius 1 is 0.818 bits per heavy atom. The molecule has 3 nitrogen and oxygen atoms in total. The van der Waals surface area contributed by atoms with Gasteiger partial charge in [-0.2, -0.15) is 0 Å². The average molecular weight is 306 g/mol. The minimum Gasteiger partial charge on any atom is -0.550 e. The van der Waals surface area contributed by atoms with E-state index in [4.69, 9.17) is 0 Å². The Morgan fingerprint density at radius 2 is 1.23 bits per heavy atom. The summed E-state index contributed by atoms with van der Waals surface area (Å²) < 4.78 is 0. The maximum atomic E-state index is 10.2. The Hall–Kier alpha value is 0.0274. The first-order valence-corrected chi connectivity index (χ1v) is 9.04. The molecule has 22 heavy (non-hydrogen) atoms. The van der Waals surface area contributed by atoms with Crippen LogP contribution in [-0.4, -0.2) is 17.2 Å². The van der Waals surface area contributed by atoms with Crippen LogP contribution in [0.1, 0.15) is 103 Å². The number of hydrogen-bond donors (Lipinski definition) is 1. The van der Waals surface area contributed by atoms with Crippen molar-refractivity contribution in [1.82, 2.24) is 0 Å². The van der Waals surface area contributed by atoms with Crippen LogP contribution in [0.3, 0.4) is 0 Å². The maximum absolute atomic E-state index is 10.2. The van der Waals surface area contributed by atoms with Gasteiger partial charge in [0.15, 0.2) is 0 Å². The standard InChI is InChI=1S/C18H36O3.Li/c1-2-3-4-5-8-11-14-17(19)15-12-9-6-7-10-13-16-18(20)21;/h17,19H,2-16H2,1H3,(H,20,21);/q;+1/p-1/t17-;/m1./s1. The summed E-state index contributed by atoms with van der Waals surface area (Å²) in [5, 5.41) is 20.1. The molecule has 0 radical (unpaired) electrons. The van der Waals surface area contributed by atoms with Crippen LogP contribution in [0, 0.1) is 0 Å². The molecule has 0 aromatic rings. The van der Waals surface area contributed by atoms with E-state index in [1.165, 1.54) is 32.1 Å². The minimum absolute atomic E-state index is 0. The predicted octanol–water partition coefficient (Wildman–Crippen LogP) is 0.973. The monoisotopic (exact) mass is 306 g/mol. The molecule has 0 saturated heterocycles. The molecule has 0 amide bonds. The molecule has 0 unspecified atom stereocenters. The Balaban J connectivity index is 0. The van der Waals surface area contributed by atoms with Crippen LogP contribution < -0.4 is 24.0 Å². The molecule has 0 aliphatic rings. The van der Waals surface area contributed by atoms with Crippen LogP contribution in [0.25, 0.3) is 0 Å². The van der Waals surface area contributed by atoms with E-state index in [2.05, 4.69) is 6.92 Å². The Morgan fingerprint density at radius 3 is 1.68 bits per heavy atom. The van der Waals surface area contributed by atoms with E-state index in [0.717, 1.165) is 57.8 Å². The van der Waals surface area contributed by atoms with Gasteiger partial charge < -0.3 is 15.0 Å². The number of aliphatic hydroxyl groups is 1. The van der Waals surface area contributed by atoms with E-state index >= 15 is 0 Å². The fraction of sp³-hybridized carbons (Fsp3) is 0.944. The average Bonchev–Trinajstić information content (AvgIpc) is 2.45. The third-order valence-corrected chi connectivity index (χ3v) is 4.06. The van der Waals surface area contributed by atoms with Crippen molar-refractivity contribution in [2.24, 2.45) is 0 Å². The quantitative estimate of drug-likeness (QED) is 0.341. The van der Waals surface area contributed by atoms with Crippen LogP contribution in [-0.2, 0) is 4.79 Å². The summed E-state index contributed by atoms with van der Waals surface area (Å²) in [6.45, 7) is 2.23. The number of aliphatic carboxylic acids is 1. The van der Waals surface area contributed by atoms with Crippen molar-refractivity contribution in [2.75, 3.05) is 0 Å². The smallest absolute Gasteiger partial charge is 0.550 e. The first-order valence-electron chi connectivity index (χ1n) is 9.04. The second-order valence-electron chi connectivity index (χ2n) is 6.24. The van der Waals surface area contributed by atoms with E-state index < -0.39 is 5.97 Å². The third kappa shape index (κ3) is 20.0. The molecule has 0 fully saturated rings. The van der Waals surface area contributed by atoms with Crippen LogP contribution >= 0.6 is 0 Å². The summed E-state index contributed by atoms with van der Waals surface area (Å²) in [4.78, 5) is 10.2. The molecular weight excluding hydrogens is 271 g/mol.